The molecule has 0 saturated carbocycles. The summed E-state index contributed by atoms with van der Waals surface area (Å²) in [5.41, 5.74) is -0.752. The van der Waals surface area contributed by atoms with E-state index in [9.17, 15) is 9.90 Å². The fourth-order valence-electron chi connectivity index (χ4n) is 3.34. The third-order valence-corrected chi connectivity index (χ3v) is 4.61. The van der Waals surface area contributed by atoms with Crippen molar-refractivity contribution in [2.24, 2.45) is 0 Å². The molecule has 0 radical (unpaired) electrons. The fourth-order valence-corrected chi connectivity index (χ4v) is 3.34. The van der Waals surface area contributed by atoms with Crippen molar-refractivity contribution < 1.29 is 19.4 Å². The van der Waals surface area contributed by atoms with E-state index in [4.69, 9.17) is 9.47 Å². The summed E-state index contributed by atoms with van der Waals surface area (Å²) in [6.45, 7) is 4.66. The van der Waals surface area contributed by atoms with E-state index in [1.165, 1.54) is 0 Å². The highest BCUT2D eigenvalue weighted by atomic mass is 16.6. The number of hydrogen-bond acceptors (Lipinski definition) is 5. The molecule has 0 aromatic heterocycles. The Morgan fingerprint density at radius 1 is 1.17 bits per heavy atom. The number of β-amino-alcohol motifs (C(OH)–C–C–N with tert-alkyl or cyclic N) is 1. The van der Waals surface area contributed by atoms with Gasteiger partial charge in [-0.1, -0.05) is 18.2 Å². The lowest BCUT2D eigenvalue weighted by Crippen LogP contribution is -2.49. The van der Waals surface area contributed by atoms with Gasteiger partial charge >= 0.3 is 6.09 Å². The minimum Gasteiger partial charge on any atom is -0.410 e. The lowest BCUT2D eigenvalue weighted by Gasteiger charge is -2.36. The lowest BCUT2D eigenvalue weighted by atomic mass is 9.96. The predicted octanol–water partition coefficient (Wildman–Crippen LogP) is 1.73. The van der Waals surface area contributed by atoms with Crippen LogP contribution in [0.5, 0.6) is 5.75 Å². The molecule has 1 aromatic rings. The van der Waals surface area contributed by atoms with E-state index in [1.807, 2.05) is 18.2 Å². The first kappa shape index (κ1) is 17.2. The van der Waals surface area contributed by atoms with E-state index in [2.05, 4.69) is 4.90 Å². The highest BCUT2D eigenvalue weighted by Gasteiger charge is 2.33. The van der Waals surface area contributed by atoms with Crippen molar-refractivity contribution in [1.29, 1.82) is 0 Å². The first-order valence-electron chi connectivity index (χ1n) is 8.69. The van der Waals surface area contributed by atoms with Gasteiger partial charge in [0.2, 0.25) is 0 Å². The number of aliphatic hydroxyl groups is 1. The number of hydrogen-bond donors (Lipinski definition) is 1. The first-order valence-corrected chi connectivity index (χ1v) is 8.69. The lowest BCUT2D eigenvalue weighted by molar-refractivity contribution is -0.0995. The number of rotatable bonds is 3. The van der Waals surface area contributed by atoms with Crippen molar-refractivity contribution in [2.75, 3.05) is 45.9 Å². The Bertz CT molecular complexity index is 531. The molecular weight excluding hydrogens is 308 g/mol. The number of para-hydroxylation sites is 1. The van der Waals surface area contributed by atoms with Gasteiger partial charge in [0.05, 0.1) is 6.61 Å². The average Bonchev–Trinajstić information content (AvgIpc) is 2.81. The van der Waals surface area contributed by atoms with Crippen LogP contribution in [0.2, 0.25) is 0 Å². The first-order chi connectivity index (χ1) is 11.6. The Kier molecular flexibility index (Phi) is 5.71. The highest BCUT2D eigenvalue weighted by Crippen LogP contribution is 2.21. The summed E-state index contributed by atoms with van der Waals surface area (Å²) in [6.07, 6.45) is 2.26. The monoisotopic (exact) mass is 334 g/mol. The van der Waals surface area contributed by atoms with E-state index in [0.717, 1.165) is 39.0 Å². The zero-order valence-corrected chi connectivity index (χ0v) is 14.0. The van der Waals surface area contributed by atoms with Crippen LogP contribution in [-0.4, -0.2) is 72.5 Å². The van der Waals surface area contributed by atoms with Crippen molar-refractivity contribution >= 4 is 6.09 Å². The Labute approximate surface area is 143 Å². The summed E-state index contributed by atoms with van der Waals surface area (Å²) < 4.78 is 10.8. The normalized spacial score (nSPS) is 26.0. The number of nitrogens with zero attached hydrogens (tertiary/aromatic N) is 2. The maximum atomic E-state index is 12.3. The fraction of sp³-hybridized carbons (Fsp3) is 0.611. The summed E-state index contributed by atoms with van der Waals surface area (Å²) in [5, 5.41) is 10.6. The van der Waals surface area contributed by atoms with Gasteiger partial charge in [0.15, 0.2) is 0 Å². The largest absolute Gasteiger partial charge is 0.415 e. The second kappa shape index (κ2) is 7.96. The molecule has 2 aliphatic rings. The van der Waals surface area contributed by atoms with Crippen LogP contribution in [0.3, 0.4) is 0 Å². The van der Waals surface area contributed by atoms with Gasteiger partial charge in [0, 0.05) is 39.3 Å². The second-order valence-electron chi connectivity index (χ2n) is 6.68. The van der Waals surface area contributed by atoms with Gasteiger partial charge in [-0.25, -0.2) is 4.79 Å². The quantitative estimate of drug-likeness (QED) is 0.912. The maximum absolute atomic E-state index is 12.3. The molecule has 2 fully saturated rings. The molecule has 132 valence electrons. The molecule has 3 rings (SSSR count). The number of benzene rings is 1. The Balaban J connectivity index is 1.50. The molecule has 1 aromatic carbocycles. The SMILES string of the molecule is O=C(Oc1ccccc1)N1CCCN(CC2(O)CCCOC2)CC1. The van der Waals surface area contributed by atoms with Crippen LogP contribution in [0.15, 0.2) is 30.3 Å². The van der Waals surface area contributed by atoms with Gasteiger partial charge in [0.25, 0.3) is 0 Å². The van der Waals surface area contributed by atoms with Gasteiger partial charge in [-0.15, -0.1) is 0 Å². The molecule has 0 spiro atoms. The number of carbonyl (C=O) groups is 1. The topological polar surface area (TPSA) is 62.2 Å². The average molecular weight is 334 g/mol. The van der Waals surface area contributed by atoms with Gasteiger partial charge in [-0.2, -0.15) is 0 Å². The summed E-state index contributed by atoms with van der Waals surface area (Å²) >= 11 is 0. The summed E-state index contributed by atoms with van der Waals surface area (Å²) in [7, 11) is 0. The zero-order valence-electron chi connectivity index (χ0n) is 14.0. The van der Waals surface area contributed by atoms with Crippen LogP contribution < -0.4 is 4.74 Å². The van der Waals surface area contributed by atoms with Crippen molar-refractivity contribution in [3.05, 3.63) is 30.3 Å². The van der Waals surface area contributed by atoms with Gasteiger partial charge in [0.1, 0.15) is 11.4 Å². The second-order valence-corrected chi connectivity index (χ2v) is 6.68. The number of ether oxygens (including phenoxy) is 2. The van der Waals surface area contributed by atoms with Crippen LogP contribution in [0, 0.1) is 0 Å². The number of carbonyl (C=O) groups excluding carboxylic acids is 1. The third-order valence-electron chi connectivity index (χ3n) is 4.61. The molecule has 1 N–H and O–H groups in total. The summed E-state index contributed by atoms with van der Waals surface area (Å²) in [6, 6.07) is 9.14. The highest BCUT2D eigenvalue weighted by molar-refractivity contribution is 5.70. The standard InChI is InChI=1S/C18H26N2O4/c21-17(24-16-6-2-1-3-7-16)20-10-5-9-19(11-12-20)14-18(22)8-4-13-23-15-18/h1-3,6-7,22H,4-5,8-15H2. The van der Waals surface area contributed by atoms with Crippen molar-refractivity contribution in [3.8, 4) is 5.75 Å². The van der Waals surface area contributed by atoms with Crippen molar-refractivity contribution in [1.82, 2.24) is 9.80 Å². The molecule has 1 unspecified atom stereocenters. The van der Waals surface area contributed by atoms with E-state index in [-0.39, 0.29) is 6.09 Å². The molecule has 1 amide bonds. The summed E-state index contributed by atoms with van der Waals surface area (Å²) in [4.78, 5) is 16.3. The molecule has 2 saturated heterocycles. The van der Waals surface area contributed by atoms with E-state index in [0.29, 0.717) is 32.0 Å². The van der Waals surface area contributed by atoms with E-state index < -0.39 is 5.60 Å². The molecule has 6 nitrogen and oxygen atoms in total. The maximum Gasteiger partial charge on any atom is 0.415 e. The van der Waals surface area contributed by atoms with Crippen LogP contribution in [-0.2, 0) is 4.74 Å². The zero-order chi connectivity index (χ0) is 16.8. The Morgan fingerprint density at radius 3 is 2.75 bits per heavy atom. The van der Waals surface area contributed by atoms with E-state index in [1.54, 1.807) is 17.0 Å². The smallest absolute Gasteiger partial charge is 0.410 e. The van der Waals surface area contributed by atoms with E-state index >= 15 is 0 Å². The molecule has 0 bridgehead atoms. The van der Waals surface area contributed by atoms with Crippen molar-refractivity contribution in [3.63, 3.8) is 0 Å². The Hall–Kier alpha value is -1.63. The Morgan fingerprint density at radius 2 is 2.00 bits per heavy atom. The predicted molar refractivity (Wildman–Crippen MR) is 90.1 cm³/mol. The van der Waals surface area contributed by atoms with Crippen LogP contribution in [0.25, 0.3) is 0 Å². The van der Waals surface area contributed by atoms with Gasteiger partial charge in [-0.3, -0.25) is 4.90 Å². The molecule has 2 heterocycles. The van der Waals surface area contributed by atoms with Crippen molar-refractivity contribution in [2.45, 2.75) is 24.9 Å². The van der Waals surface area contributed by atoms with Gasteiger partial charge in [-0.05, 0) is 31.4 Å². The van der Waals surface area contributed by atoms with Crippen LogP contribution >= 0.6 is 0 Å². The molecule has 1 atom stereocenters. The molecule has 2 aliphatic heterocycles. The van der Waals surface area contributed by atoms with Crippen LogP contribution in [0.1, 0.15) is 19.3 Å². The molecule has 24 heavy (non-hydrogen) atoms. The minimum atomic E-state index is -0.752. The summed E-state index contributed by atoms with van der Waals surface area (Å²) in [5.74, 6) is 0.567. The molecule has 6 heteroatoms. The number of amides is 1. The minimum absolute atomic E-state index is 0.303. The third kappa shape index (κ3) is 4.69. The molecular formula is C18H26N2O4. The van der Waals surface area contributed by atoms with Gasteiger partial charge < -0.3 is 19.5 Å². The molecule has 0 aliphatic carbocycles. The van der Waals surface area contributed by atoms with Crippen LogP contribution in [0.4, 0.5) is 4.79 Å².